The quantitative estimate of drug-likeness (QED) is 0.456. The summed E-state index contributed by atoms with van der Waals surface area (Å²) in [4.78, 5) is 17.5. The molecule has 2 aromatic carbocycles. The van der Waals surface area contributed by atoms with Gasteiger partial charge < -0.3 is 9.30 Å². The summed E-state index contributed by atoms with van der Waals surface area (Å²) in [5.41, 5.74) is 1.28. The predicted octanol–water partition coefficient (Wildman–Crippen LogP) is 5.55. The second-order valence-electron chi connectivity index (χ2n) is 5.37. The molecule has 0 spiro atoms. The van der Waals surface area contributed by atoms with Crippen LogP contribution in [-0.4, -0.2) is 23.7 Å². The fourth-order valence-electron chi connectivity index (χ4n) is 2.47. The molecule has 26 heavy (non-hydrogen) atoms. The standard InChI is InChI=1S/C18H15BrCl2N2O2S/c1-2-25-9-8-23-16-14(7-6-13(20)15(16)21)26-18(23)22-17(24)11-4-3-5-12(19)10-11/h3-7,10H,2,8-9H2,1H3. The van der Waals surface area contributed by atoms with Gasteiger partial charge in [0.15, 0.2) is 4.80 Å². The minimum atomic E-state index is -0.315. The van der Waals surface area contributed by atoms with Crippen molar-refractivity contribution >= 4 is 66.6 Å². The molecule has 1 amide bonds. The molecule has 0 aliphatic rings. The molecule has 3 aromatic rings. The van der Waals surface area contributed by atoms with Crippen LogP contribution in [0.25, 0.3) is 10.2 Å². The molecular weight excluding hydrogens is 459 g/mol. The number of carbonyl (C=O) groups excluding carboxylic acids is 1. The van der Waals surface area contributed by atoms with Crippen molar-refractivity contribution in [3.8, 4) is 0 Å². The van der Waals surface area contributed by atoms with Crippen molar-refractivity contribution < 1.29 is 9.53 Å². The van der Waals surface area contributed by atoms with Crippen LogP contribution in [0.15, 0.2) is 45.9 Å². The van der Waals surface area contributed by atoms with Crippen molar-refractivity contribution in [3.63, 3.8) is 0 Å². The SMILES string of the molecule is CCOCCn1c(=NC(=O)c2cccc(Br)c2)sc2ccc(Cl)c(Cl)c21. The molecule has 0 unspecified atom stereocenters. The molecule has 0 fully saturated rings. The normalized spacial score (nSPS) is 12.1. The lowest BCUT2D eigenvalue weighted by Gasteiger charge is -2.07. The fraction of sp³-hybridized carbons (Fsp3) is 0.222. The Morgan fingerprint density at radius 2 is 2.12 bits per heavy atom. The van der Waals surface area contributed by atoms with Crippen molar-refractivity contribution in [2.45, 2.75) is 13.5 Å². The Labute approximate surface area is 173 Å². The van der Waals surface area contributed by atoms with Crippen molar-refractivity contribution in [2.75, 3.05) is 13.2 Å². The number of nitrogens with zero attached hydrogens (tertiary/aromatic N) is 2. The molecule has 8 heteroatoms. The lowest BCUT2D eigenvalue weighted by molar-refractivity contribution is 0.0996. The monoisotopic (exact) mass is 472 g/mol. The number of carbonyl (C=O) groups is 1. The Balaban J connectivity index is 2.13. The highest BCUT2D eigenvalue weighted by atomic mass is 79.9. The molecule has 0 radical (unpaired) electrons. The number of ether oxygens (including phenoxy) is 1. The first-order chi connectivity index (χ1) is 12.5. The molecule has 4 nitrogen and oxygen atoms in total. The minimum absolute atomic E-state index is 0.315. The van der Waals surface area contributed by atoms with Gasteiger partial charge in [0.1, 0.15) is 0 Å². The van der Waals surface area contributed by atoms with Gasteiger partial charge in [0.05, 0.1) is 26.9 Å². The van der Waals surface area contributed by atoms with E-state index in [-0.39, 0.29) is 5.91 Å². The molecule has 0 atom stereocenters. The van der Waals surface area contributed by atoms with Crippen LogP contribution in [0.5, 0.6) is 0 Å². The van der Waals surface area contributed by atoms with Gasteiger partial charge >= 0.3 is 0 Å². The van der Waals surface area contributed by atoms with Gasteiger partial charge in [-0.2, -0.15) is 4.99 Å². The maximum Gasteiger partial charge on any atom is 0.279 e. The molecule has 0 aliphatic heterocycles. The molecule has 0 aliphatic carbocycles. The smallest absolute Gasteiger partial charge is 0.279 e. The van der Waals surface area contributed by atoms with Gasteiger partial charge in [-0.15, -0.1) is 0 Å². The Bertz CT molecular complexity index is 1030. The molecule has 3 rings (SSSR count). The summed E-state index contributed by atoms with van der Waals surface area (Å²) < 4.78 is 9.09. The Morgan fingerprint density at radius 1 is 1.31 bits per heavy atom. The number of fused-ring (bicyclic) bond motifs is 1. The Kier molecular flexibility index (Phi) is 6.53. The van der Waals surface area contributed by atoms with E-state index >= 15 is 0 Å². The summed E-state index contributed by atoms with van der Waals surface area (Å²) in [6, 6.07) is 10.8. The van der Waals surface area contributed by atoms with Gasteiger partial charge in [0, 0.05) is 23.2 Å². The number of thiazole rings is 1. The maximum absolute atomic E-state index is 12.6. The zero-order valence-electron chi connectivity index (χ0n) is 13.8. The van der Waals surface area contributed by atoms with Gasteiger partial charge in [0.25, 0.3) is 5.91 Å². The maximum atomic E-state index is 12.6. The van der Waals surface area contributed by atoms with E-state index in [1.165, 1.54) is 11.3 Å². The highest BCUT2D eigenvalue weighted by Gasteiger charge is 2.14. The number of amides is 1. The van der Waals surface area contributed by atoms with E-state index < -0.39 is 0 Å². The summed E-state index contributed by atoms with van der Waals surface area (Å²) in [5, 5.41) is 0.917. The van der Waals surface area contributed by atoms with E-state index in [0.717, 1.165) is 14.7 Å². The predicted molar refractivity (Wildman–Crippen MR) is 110 cm³/mol. The van der Waals surface area contributed by atoms with Crippen LogP contribution >= 0.6 is 50.5 Å². The van der Waals surface area contributed by atoms with Crippen molar-refractivity contribution in [1.29, 1.82) is 0 Å². The lowest BCUT2D eigenvalue weighted by Crippen LogP contribution is -2.20. The zero-order chi connectivity index (χ0) is 18.7. The first-order valence-corrected chi connectivity index (χ1v) is 10.3. The molecule has 1 aromatic heterocycles. The summed E-state index contributed by atoms with van der Waals surface area (Å²) in [5.74, 6) is -0.315. The van der Waals surface area contributed by atoms with Crippen LogP contribution in [0, 0.1) is 0 Å². The average Bonchev–Trinajstić information content (AvgIpc) is 2.96. The molecule has 0 saturated heterocycles. The van der Waals surface area contributed by atoms with Crippen LogP contribution in [0.1, 0.15) is 17.3 Å². The lowest BCUT2D eigenvalue weighted by atomic mass is 10.2. The summed E-state index contributed by atoms with van der Waals surface area (Å²) in [7, 11) is 0. The molecule has 0 bridgehead atoms. The number of aromatic nitrogens is 1. The third-order valence-corrected chi connectivity index (χ3v) is 6.00. The molecule has 136 valence electrons. The third-order valence-electron chi connectivity index (χ3n) is 3.67. The second-order valence-corrected chi connectivity index (χ2v) is 8.08. The van der Waals surface area contributed by atoms with Gasteiger partial charge in [-0.1, -0.05) is 56.5 Å². The number of halogens is 3. The molecular formula is C18H15BrCl2N2O2S. The molecule has 1 heterocycles. The summed E-state index contributed by atoms with van der Waals surface area (Å²) in [6.45, 7) is 3.56. The topological polar surface area (TPSA) is 43.6 Å². The molecule has 0 N–H and O–H groups in total. The number of hydrogen-bond donors (Lipinski definition) is 0. The van der Waals surface area contributed by atoms with Crippen LogP contribution in [-0.2, 0) is 11.3 Å². The van der Waals surface area contributed by atoms with Crippen molar-refractivity contribution in [3.05, 3.63) is 61.3 Å². The van der Waals surface area contributed by atoms with Crippen LogP contribution in [0.3, 0.4) is 0 Å². The van der Waals surface area contributed by atoms with Crippen LogP contribution < -0.4 is 4.80 Å². The van der Waals surface area contributed by atoms with Crippen LogP contribution in [0.4, 0.5) is 0 Å². The highest BCUT2D eigenvalue weighted by molar-refractivity contribution is 9.10. The summed E-state index contributed by atoms with van der Waals surface area (Å²) in [6.07, 6.45) is 0. The van der Waals surface area contributed by atoms with E-state index in [1.54, 1.807) is 24.3 Å². The fourth-order valence-corrected chi connectivity index (χ4v) is 4.41. The van der Waals surface area contributed by atoms with E-state index in [4.69, 9.17) is 27.9 Å². The summed E-state index contributed by atoms with van der Waals surface area (Å²) >= 11 is 17.4. The number of rotatable bonds is 5. The first-order valence-electron chi connectivity index (χ1n) is 7.91. The number of benzene rings is 2. The van der Waals surface area contributed by atoms with E-state index in [1.807, 2.05) is 23.6 Å². The van der Waals surface area contributed by atoms with Gasteiger partial charge in [-0.3, -0.25) is 4.79 Å². The second kappa shape index (κ2) is 8.67. The first kappa shape index (κ1) is 19.6. The minimum Gasteiger partial charge on any atom is -0.380 e. The van der Waals surface area contributed by atoms with Crippen molar-refractivity contribution in [2.24, 2.45) is 4.99 Å². The van der Waals surface area contributed by atoms with E-state index in [2.05, 4.69) is 20.9 Å². The van der Waals surface area contributed by atoms with E-state index in [0.29, 0.717) is 40.2 Å². The van der Waals surface area contributed by atoms with Crippen LogP contribution in [0.2, 0.25) is 10.0 Å². The third kappa shape index (κ3) is 4.21. The van der Waals surface area contributed by atoms with Gasteiger partial charge in [-0.25, -0.2) is 0 Å². The molecule has 0 saturated carbocycles. The number of hydrogen-bond acceptors (Lipinski definition) is 3. The van der Waals surface area contributed by atoms with Gasteiger partial charge in [-0.05, 0) is 37.3 Å². The average molecular weight is 474 g/mol. The largest absolute Gasteiger partial charge is 0.380 e. The highest BCUT2D eigenvalue weighted by Crippen LogP contribution is 2.32. The zero-order valence-corrected chi connectivity index (χ0v) is 17.8. The van der Waals surface area contributed by atoms with Gasteiger partial charge in [0.2, 0.25) is 0 Å². The Morgan fingerprint density at radius 3 is 2.85 bits per heavy atom. The van der Waals surface area contributed by atoms with Crippen molar-refractivity contribution in [1.82, 2.24) is 4.57 Å². The van der Waals surface area contributed by atoms with E-state index in [9.17, 15) is 4.79 Å². The Hall–Kier alpha value is -1.18.